The average Bonchev–Trinajstić information content (AvgIpc) is 3.05. The van der Waals surface area contributed by atoms with Gasteiger partial charge in [0.2, 0.25) is 0 Å². The molecule has 158 valence electrons. The van der Waals surface area contributed by atoms with Gasteiger partial charge in [0.05, 0.1) is 0 Å². The first-order chi connectivity index (χ1) is 14.0. The van der Waals surface area contributed by atoms with E-state index in [9.17, 15) is 0 Å². The molecule has 0 heterocycles. The molecular weight excluding hydrogens is 348 g/mol. The zero-order valence-corrected chi connectivity index (χ0v) is 19.2. The lowest BCUT2D eigenvalue weighted by atomic mass is 9.47. The molecule has 6 unspecified atom stereocenters. The average molecular weight is 391 g/mol. The van der Waals surface area contributed by atoms with Gasteiger partial charge < -0.3 is 0 Å². The molecule has 0 spiro atoms. The van der Waals surface area contributed by atoms with Crippen LogP contribution >= 0.6 is 0 Å². The van der Waals surface area contributed by atoms with Gasteiger partial charge in [-0.05, 0) is 118 Å². The van der Waals surface area contributed by atoms with E-state index in [0.717, 1.165) is 23.7 Å². The fourth-order valence-electron chi connectivity index (χ4n) is 8.59. The molecule has 0 aromatic heterocycles. The Kier molecular flexibility index (Phi) is 5.20. The largest absolute Gasteiger partial charge is 0.0845 e. The van der Waals surface area contributed by atoms with Crippen LogP contribution in [-0.4, -0.2) is 0 Å². The molecule has 5 rings (SSSR count). The van der Waals surface area contributed by atoms with Gasteiger partial charge in [-0.3, -0.25) is 0 Å². The molecule has 0 nitrogen and oxygen atoms in total. The van der Waals surface area contributed by atoms with E-state index in [2.05, 4.69) is 51.1 Å². The van der Waals surface area contributed by atoms with E-state index in [1.165, 1.54) is 88.2 Å². The Bertz CT molecular complexity index is 755. The molecule has 0 amide bonds. The topological polar surface area (TPSA) is 0 Å². The second-order valence-corrected chi connectivity index (χ2v) is 11.7. The van der Waals surface area contributed by atoms with Crippen LogP contribution in [0.2, 0.25) is 0 Å². The first kappa shape index (κ1) is 19.9. The van der Waals surface area contributed by atoms with Crippen LogP contribution in [0, 0.1) is 41.4 Å². The number of allylic oxidation sites excluding steroid dienone is 2. The molecule has 1 aromatic rings. The van der Waals surface area contributed by atoms with E-state index in [4.69, 9.17) is 0 Å². The van der Waals surface area contributed by atoms with Gasteiger partial charge in [-0.25, -0.2) is 0 Å². The monoisotopic (exact) mass is 390 g/mol. The van der Waals surface area contributed by atoms with Crippen molar-refractivity contribution in [2.45, 2.75) is 97.8 Å². The highest BCUT2D eigenvalue weighted by Crippen LogP contribution is 2.66. The van der Waals surface area contributed by atoms with Crippen molar-refractivity contribution in [2.24, 2.45) is 34.5 Å². The van der Waals surface area contributed by atoms with Crippen LogP contribution in [0.3, 0.4) is 0 Å². The third kappa shape index (κ3) is 3.34. The van der Waals surface area contributed by atoms with Crippen molar-refractivity contribution in [3.05, 3.63) is 47.0 Å². The van der Waals surface area contributed by atoms with Crippen molar-refractivity contribution in [1.29, 1.82) is 0 Å². The van der Waals surface area contributed by atoms with Gasteiger partial charge in [0.25, 0.3) is 0 Å². The Hall–Kier alpha value is -1.04. The third-order valence-electron chi connectivity index (χ3n) is 10.4. The Morgan fingerprint density at radius 2 is 1.76 bits per heavy atom. The highest BCUT2D eigenvalue weighted by molar-refractivity contribution is 5.24. The van der Waals surface area contributed by atoms with E-state index in [1.54, 1.807) is 0 Å². The Morgan fingerprint density at radius 3 is 2.59 bits per heavy atom. The van der Waals surface area contributed by atoms with E-state index in [0.29, 0.717) is 10.8 Å². The van der Waals surface area contributed by atoms with Gasteiger partial charge in [0.1, 0.15) is 0 Å². The van der Waals surface area contributed by atoms with Gasteiger partial charge in [-0.15, -0.1) is 0 Å². The molecule has 4 aliphatic rings. The number of hydrogen-bond acceptors (Lipinski definition) is 0. The molecule has 0 heteroatoms. The zero-order chi connectivity index (χ0) is 20.1. The molecule has 6 atom stereocenters. The fraction of sp³-hybridized carbons (Fsp3) is 0.724. The number of aryl methyl sites for hydroxylation is 2. The zero-order valence-electron chi connectivity index (χ0n) is 19.2. The molecule has 3 saturated carbocycles. The number of rotatable bonds is 4. The number of fused-ring (bicyclic) bond motifs is 5. The van der Waals surface area contributed by atoms with Crippen molar-refractivity contribution in [3.8, 4) is 0 Å². The molecule has 4 aliphatic carbocycles. The summed E-state index contributed by atoms with van der Waals surface area (Å²) in [6, 6.07) is 9.24. The minimum absolute atomic E-state index is 0.562. The summed E-state index contributed by atoms with van der Waals surface area (Å²) >= 11 is 0. The third-order valence-corrected chi connectivity index (χ3v) is 10.4. The van der Waals surface area contributed by atoms with Crippen LogP contribution in [-0.2, 0) is 6.42 Å². The summed E-state index contributed by atoms with van der Waals surface area (Å²) < 4.78 is 0. The maximum atomic E-state index is 2.73. The first-order valence-corrected chi connectivity index (χ1v) is 12.8. The highest BCUT2D eigenvalue weighted by atomic mass is 14.6. The maximum Gasteiger partial charge on any atom is -0.00853 e. The Morgan fingerprint density at radius 1 is 0.931 bits per heavy atom. The van der Waals surface area contributed by atoms with Crippen molar-refractivity contribution in [2.75, 3.05) is 0 Å². The van der Waals surface area contributed by atoms with Crippen molar-refractivity contribution < 1.29 is 0 Å². The molecule has 0 N–H and O–H groups in total. The molecular formula is C29H42. The van der Waals surface area contributed by atoms with Crippen LogP contribution in [0.15, 0.2) is 35.9 Å². The Balaban J connectivity index is 1.26. The normalized spacial score (nSPS) is 41.3. The maximum absolute atomic E-state index is 2.73. The lowest BCUT2D eigenvalue weighted by Gasteiger charge is -2.57. The lowest BCUT2D eigenvalue weighted by Crippen LogP contribution is -2.49. The van der Waals surface area contributed by atoms with Gasteiger partial charge >= 0.3 is 0 Å². The summed E-state index contributed by atoms with van der Waals surface area (Å²) in [6.45, 7) is 7.56. The van der Waals surface area contributed by atoms with Gasteiger partial charge in [0.15, 0.2) is 0 Å². The predicted molar refractivity (Wildman–Crippen MR) is 124 cm³/mol. The molecule has 1 aromatic carbocycles. The van der Waals surface area contributed by atoms with E-state index in [-0.39, 0.29) is 0 Å². The predicted octanol–water partition coefficient (Wildman–Crippen LogP) is 8.29. The minimum atomic E-state index is 0.562. The summed E-state index contributed by atoms with van der Waals surface area (Å²) in [5, 5.41) is 0. The van der Waals surface area contributed by atoms with Crippen molar-refractivity contribution in [1.82, 2.24) is 0 Å². The summed E-state index contributed by atoms with van der Waals surface area (Å²) in [5.41, 5.74) is 5.97. The van der Waals surface area contributed by atoms with Gasteiger partial charge in [-0.2, -0.15) is 0 Å². The number of hydrogen-bond donors (Lipinski definition) is 0. The van der Waals surface area contributed by atoms with E-state index in [1.807, 2.05) is 5.57 Å². The quantitative estimate of drug-likeness (QED) is 0.454. The molecule has 0 radical (unpaired) electrons. The summed E-state index contributed by atoms with van der Waals surface area (Å²) in [4.78, 5) is 0. The minimum Gasteiger partial charge on any atom is -0.0845 e. The van der Waals surface area contributed by atoms with Gasteiger partial charge in [-0.1, -0.05) is 61.7 Å². The van der Waals surface area contributed by atoms with Crippen LogP contribution in [0.5, 0.6) is 0 Å². The molecule has 0 aliphatic heterocycles. The molecule has 0 bridgehead atoms. The second kappa shape index (κ2) is 7.58. The van der Waals surface area contributed by atoms with E-state index >= 15 is 0 Å². The Labute approximate surface area is 179 Å². The van der Waals surface area contributed by atoms with Crippen LogP contribution in [0.25, 0.3) is 0 Å². The summed E-state index contributed by atoms with van der Waals surface area (Å²) in [6.07, 6.45) is 20.1. The smallest absolute Gasteiger partial charge is 0.00853 e. The molecule has 3 fully saturated rings. The van der Waals surface area contributed by atoms with Crippen LogP contribution in [0.1, 0.15) is 95.6 Å². The lowest BCUT2D eigenvalue weighted by molar-refractivity contribution is -0.0424. The molecule has 0 saturated heterocycles. The first-order valence-electron chi connectivity index (χ1n) is 12.8. The van der Waals surface area contributed by atoms with Gasteiger partial charge in [0, 0.05) is 0 Å². The molecule has 29 heavy (non-hydrogen) atoms. The fourth-order valence-corrected chi connectivity index (χ4v) is 8.59. The van der Waals surface area contributed by atoms with E-state index < -0.39 is 0 Å². The van der Waals surface area contributed by atoms with Crippen molar-refractivity contribution >= 4 is 0 Å². The van der Waals surface area contributed by atoms with Crippen LogP contribution < -0.4 is 0 Å². The van der Waals surface area contributed by atoms with Crippen LogP contribution in [0.4, 0.5) is 0 Å². The van der Waals surface area contributed by atoms with Crippen molar-refractivity contribution in [3.63, 3.8) is 0 Å². The summed E-state index contributed by atoms with van der Waals surface area (Å²) in [5.74, 6) is 3.96. The standard InChI is InChI=1S/C29H42/c1-21-10-12-22(13-11-21)7-6-9-24-15-17-26-25-16-14-23-8-4-5-19-28(23,2)27(25)18-20-29(24,26)3/h10-14,24-27H,4-9,15-20H2,1-3H3. The summed E-state index contributed by atoms with van der Waals surface area (Å²) in [7, 11) is 0. The SMILES string of the molecule is Cc1ccc(CCCC2CCC3C4CC=C5CCCCC5(C)C4CCC23C)cc1. The number of benzene rings is 1. The highest BCUT2D eigenvalue weighted by Gasteiger charge is 2.57. The second-order valence-electron chi connectivity index (χ2n) is 11.7.